The minimum absolute atomic E-state index is 0.0590. The Hall–Kier alpha value is -3.48. The van der Waals surface area contributed by atoms with Gasteiger partial charge >= 0.3 is 0 Å². The van der Waals surface area contributed by atoms with Crippen molar-refractivity contribution in [3.05, 3.63) is 54.2 Å². The van der Waals surface area contributed by atoms with Crippen molar-refractivity contribution in [3.63, 3.8) is 0 Å². The van der Waals surface area contributed by atoms with Gasteiger partial charge in [0.2, 0.25) is 11.9 Å². The number of benzene rings is 2. The monoisotopic (exact) mass is 417 g/mol. The standard InChI is InChI=1S/C24H27N5O2/c1-31-18-6-7-20-19(14-18)17(15-26-20)8-11-25-23(30)16-9-12-29(13-10-16)24-27-21-4-2-3-5-22(21)28-24/h2-7,14-16,26H,8-13H2,1H3,(H,25,30)(H,27,28). The fourth-order valence-corrected chi connectivity index (χ4v) is 4.40. The van der Waals surface area contributed by atoms with E-state index >= 15 is 0 Å². The number of nitrogens with zero attached hydrogens (tertiary/aromatic N) is 2. The molecule has 3 heterocycles. The van der Waals surface area contributed by atoms with Crippen molar-refractivity contribution in [2.45, 2.75) is 19.3 Å². The van der Waals surface area contributed by atoms with Crippen molar-refractivity contribution in [2.24, 2.45) is 5.92 Å². The first-order chi connectivity index (χ1) is 15.2. The summed E-state index contributed by atoms with van der Waals surface area (Å²) < 4.78 is 5.33. The summed E-state index contributed by atoms with van der Waals surface area (Å²) in [5, 5.41) is 4.28. The molecule has 2 aromatic carbocycles. The fraction of sp³-hybridized carbons (Fsp3) is 0.333. The molecule has 7 heteroatoms. The Bertz CT molecular complexity index is 1170. The molecule has 0 radical (unpaired) electrons. The zero-order valence-electron chi connectivity index (χ0n) is 17.6. The summed E-state index contributed by atoms with van der Waals surface area (Å²) in [4.78, 5) is 26.3. The summed E-state index contributed by atoms with van der Waals surface area (Å²) in [5.41, 5.74) is 4.30. The van der Waals surface area contributed by atoms with Gasteiger partial charge in [-0.3, -0.25) is 4.79 Å². The van der Waals surface area contributed by atoms with Gasteiger partial charge in [0, 0.05) is 42.7 Å². The van der Waals surface area contributed by atoms with Crippen LogP contribution in [0.2, 0.25) is 0 Å². The van der Waals surface area contributed by atoms with Crippen molar-refractivity contribution in [1.82, 2.24) is 20.3 Å². The molecule has 1 aliphatic rings. The summed E-state index contributed by atoms with van der Waals surface area (Å²) in [6.45, 7) is 2.30. The third-order valence-corrected chi connectivity index (χ3v) is 6.21. The number of carbonyl (C=O) groups excluding carboxylic acids is 1. The van der Waals surface area contributed by atoms with E-state index in [0.717, 1.165) is 66.0 Å². The normalized spacial score (nSPS) is 14.9. The lowest BCUT2D eigenvalue weighted by atomic mass is 9.96. The highest BCUT2D eigenvalue weighted by atomic mass is 16.5. The third-order valence-electron chi connectivity index (χ3n) is 6.21. The summed E-state index contributed by atoms with van der Waals surface area (Å²) in [6.07, 6.45) is 4.49. The molecule has 1 saturated heterocycles. The molecule has 0 bridgehead atoms. The van der Waals surface area contributed by atoms with E-state index in [-0.39, 0.29) is 11.8 Å². The molecule has 0 spiro atoms. The van der Waals surface area contributed by atoms with Crippen LogP contribution in [0.5, 0.6) is 5.75 Å². The molecule has 1 aliphatic heterocycles. The Morgan fingerprint density at radius 1 is 1.19 bits per heavy atom. The van der Waals surface area contributed by atoms with Crippen LogP contribution in [0, 0.1) is 5.92 Å². The smallest absolute Gasteiger partial charge is 0.223 e. The van der Waals surface area contributed by atoms with Gasteiger partial charge in [0.15, 0.2) is 0 Å². The minimum Gasteiger partial charge on any atom is -0.497 e. The van der Waals surface area contributed by atoms with Crippen LogP contribution in [0.15, 0.2) is 48.7 Å². The Labute approximate surface area is 180 Å². The molecule has 0 atom stereocenters. The number of hydrogen-bond acceptors (Lipinski definition) is 4. The van der Waals surface area contributed by atoms with E-state index in [1.54, 1.807) is 7.11 Å². The number of piperidine rings is 1. The van der Waals surface area contributed by atoms with E-state index in [9.17, 15) is 4.79 Å². The lowest BCUT2D eigenvalue weighted by Crippen LogP contribution is -2.41. The van der Waals surface area contributed by atoms with E-state index < -0.39 is 0 Å². The summed E-state index contributed by atoms with van der Waals surface area (Å²) in [7, 11) is 1.67. The number of anilines is 1. The number of methoxy groups -OCH3 is 1. The van der Waals surface area contributed by atoms with Crippen LogP contribution >= 0.6 is 0 Å². The molecule has 0 unspecified atom stereocenters. The van der Waals surface area contributed by atoms with Crippen LogP contribution in [0.1, 0.15) is 18.4 Å². The van der Waals surface area contributed by atoms with E-state index in [1.165, 1.54) is 5.56 Å². The Balaban J connectivity index is 1.13. The zero-order valence-corrected chi connectivity index (χ0v) is 17.6. The second-order valence-electron chi connectivity index (χ2n) is 8.11. The first-order valence-corrected chi connectivity index (χ1v) is 10.8. The fourth-order valence-electron chi connectivity index (χ4n) is 4.40. The number of H-pyrrole nitrogens is 2. The van der Waals surface area contributed by atoms with Crippen LogP contribution in [0.25, 0.3) is 21.9 Å². The predicted molar refractivity (Wildman–Crippen MR) is 123 cm³/mol. The van der Waals surface area contributed by atoms with Crippen LogP contribution in [0.3, 0.4) is 0 Å². The highest BCUT2D eigenvalue weighted by molar-refractivity contribution is 5.85. The number of hydrogen-bond donors (Lipinski definition) is 3. The number of aromatic amines is 2. The second-order valence-corrected chi connectivity index (χ2v) is 8.11. The Kier molecular flexibility index (Phi) is 5.24. The molecule has 0 saturated carbocycles. The van der Waals surface area contributed by atoms with Gasteiger partial charge in [-0.15, -0.1) is 0 Å². The molecule has 7 nitrogen and oxygen atoms in total. The molecule has 3 N–H and O–H groups in total. The van der Waals surface area contributed by atoms with Crippen LogP contribution in [0.4, 0.5) is 5.95 Å². The average molecular weight is 418 g/mol. The van der Waals surface area contributed by atoms with Gasteiger partial charge in [0.1, 0.15) is 5.75 Å². The van der Waals surface area contributed by atoms with Crippen LogP contribution in [-0.4, -0.2) is 47.6 Å². The van der Waals surface area contributed by atoms with Crippen molar-refractivity contribution >= 4 is 33.8 Å². The Morgan fingerprint density at radius 2 is 2.03 bits per heavy atom. The van der Waals surface area contributed by atoms with Gasteiger partial charge in [0.05, 0.1) is 18.1 Å². The maximum absolute atomic E-state index is 12.7. The summed E-state index contributed by atoms with van der Waals surface area (Å²) in [6, 6.07) is 14.1. The highest BCUT2D eigenvalue weighted by Gasteiger charge is 2.26. The number of imidazole rings is 1. The maximum Gasteiger partial charge on any atom is 0.223 e. The number of para-hydroxylation sites is 2. The predicted octanol–water partition coefficient (Wildman–Crippen LogP) is 3.63. The Morgan fingerprint density at radius 3 is 2.84 bits per heavy atom. The van der Waals surface area contributed by atoms with E-state index in [0.29, 0.717) is 6.54 Å². The van der Waals surface area contributed by atoms with Gasteiger partial charge in [-0.05, 0) is 55.2 Å². The van der Waals surface area contributed by atoms with Gasteiger partial charge in [0.25, 0.3) is 0 Å². The highest BCUT2D eigenvalue weighted by Crippen LogP contribution is 2.25. The lowest BCUT2D eigenvalue weighted by Gasteiger charge is -2.31. The quantitative estimate of drug-likeness (QED) is 0.447. The largest absolute Gasteiger partial charge is 0.497 e. The number of nitrogens with one attached hydrogen (secondary N) is 3. The molecule has 2 aromatic heterocycles. The van der Waals surface area contributed by atoms with Gasteiger partial charge in [-0.1, -0.05) is 12.1 Å². The van der Waals surface area contributed by atoms with Crippen LogP contribution < -0.4 is 15.0 Å². The molecule has 0 aliphatic carbocycles. The number of fused-ring (bicyclic) bond motifs is 2. The van der Waals surface area contributed by atoms with Crippen molar-refractivity contribution in [1.29, 1.82) is 0 Å². The number of rotatable bonds is 6. The van der Waals surface area contributed by atoms with Gasteiger partial charge in [-0.25, -0.2) is 4.98 Å². The second kappa shape index (κ2) is 8.34. The third kappa shape index (κ3) is 3.95. The molecular weight excluding hydrogens is 390 g/mol. The molecule has 1 fully saturated rings. The molecule has 4 aromatic rings. The molecular formula is C24H27N5O2. The molecule has 160 valence electrons. The van der Waals surface area contributed by atoms with E-state index in [2.05, 4.69) is 25.2 Å². The lowest BCUT2D eigenvalue weighted by molar-refractivity contribution is -0.125. The number of aromatic nitrogens is 3. The van der Waals surface area contributed by atoms with Crippen LogP contribution in [-0.2, 0) is 11.2 Å². The van der Waals surface area contributed by atoms with E-state index in [1.807, 2.05) is 48.7 Å². The number of amides is 1. The van der Waals surface area contributed by atoms with E-state index in [4.69, 9.17) is 4.74 Å². The average Bonchev–Trinajstić information content (AvgIpc) is 3.43. The topological polar surface area (TPSA) is 86.0 Å². The SMILES string of the molecule is COc1ccc2[nH]cc(CCNC(=O)C3CCN(c4nc5ccccc5[nH]4)CC3)c2c1. The van der Waals surface area contributed by atoms with Crippen molar-refractivity contribution in [2.75, 3.05) is 31.6 Å². The molecule has 5 rings (SSSR count). The molecule has 31 heavy (non-hydrogen) atoms. The van der Waals surface area contributed by atoms with Gasteiger partial charge in [-0.2, -0.15) is 0 Å². The molecule has 1 amide bonds. The van der Waals surface area contributed by atoms with Crippen molar-refractivity contribution in [3.8, 4) is 5.75 Å². The number of carbonyl (C=O) groups is 1. The van der Waals surface area contributed by atoms with Crippen molar-refractivity contribution < 1.29 is 9.53 Å². The first-order valence-electron chi connectivity index (χ1n) is 10.8. The van der Waals surface area contributed by atoms with Gasteiger partial charge < -0.3 is 24.9 Å². The summed E-state index contributed by atoms with van der Waals surface area (Å²) in [5.74, 6) is 1.95. The maximum atomic E-state index is 12.7. The minimum atomic E-state index is 0.0590. The summed E-state index contributed by atoms with van der Waals surface area (Å²) >= 11 is 0. The number of ether oxygens (including phenoxy) is 1. The first kappa shape index (κ1) is 19.5. The zero-order chi connectivity index (χ0) is 21.2.